The summed E-state index contributed by atoms with van der Waals surface area (Å²) >= 11 is 0. The second kappa shape index (κ2) is 15.0. The van der Waals surface area contributed by atoms with E-state index < -0.39 is 0 Å². The predicted molar refractivity (Wildman–Crippen MR) is 206 cm³/mol. The Kier molecular flexibility index (Phi) is 10.3. The molecule has 3 fully saturated rings. The van der Waals surface area contributed by atoms with Crippen LogP contribution < -0.4 is 15.0 Å². The number of carbonyl (C=O) groups is 1. The van der Waals surface area contributed by atoms with E-state index in [4.69, 9.17) is 10.1 Å². The highest BCUT2D eigenvalue weighted by Crippen LogP contribution is 2.53. The summed E-state index contributed by atoms with van der Waals surface area (Å²) in [7, 11) is 0. The van der Waals surface area contributed by atoms with Gasteiger partial charge in [0.15, 0.2) is 6.29 Å². The number of benzene rings is 2. The molecule has 7 rings (SSSR count). The van der Waals surface area contributed by atoms with Crippen LogP contribution in [0.1, 0.15) is 86.8 Å². The highest BCUT2D eigenvalue weighted by molar-refractivity contribution is 5.82. The maximum atomic E-state index is 11.9. The highest BCUT2D eigenvalue weighted by atomic mass is 16.5. The van der Waals surface area contributed by atoms with Crippen LogP contribution in [0.2, 0.25) is 0 Å². The molecule has 0 radical (unpaired) electrons. The number of piperazine rings is 1. The number of aromatic amines is 1. The number of pyridine rings is 1. The van der Waals surface area contributed by atoms with Gasteiger partial charge in [-0.05, 0) is 91.8 Å². The quantitative estimate of drug-likeness (QED) is 0.103. The van der Waals surface area contributed by atoms with Crippen molar-refractivity contribution in [1.82, 2.24) is 25.1 Å². The molecule has 4 aromatic rings. The molecule has 1 saturated carbocycles. The SMILES string of the molecule is CC(C)N/C=C(\C=N)CN1CCN(C2CC3(CCN(c4ccc(C=O)c(Oc5cnc6[nH]ccc6c5)c4)CC3)C2)C(c2ccccc2C(C)C)C1. The molecule has 1 unspecified atom stereocenters. The van der Waals surface area contributed by atoms with E-state index in [1.165, 1.54) is 43.0 Å². The van der Waals surface area contributed by atoms with Gasteiger partial charge in [0, 0.05) is 93.1 Å². The fourth-order valence-corrected chi connectivity index (χ4v) is 8.55. The number of piperidine rings is 1. The summed E-state index contributed by atoms with van der Waals surface area (Å²) in [4.78, 5) is 27.3. The highest BCUT2D eigenvalue weighted by Gasteiger charge is 2.50. The Morgan fingerprint density at radius 1 is 1.06 bits per heavy atom. The maximum Gasteiger partial charge on any atom is 0.153 e. The number of carbonyl (C=O) groups excluding carboxylic acids is 1. The summed E-state index contributed by atoms with van der Waals surface area (Å²) in [6.07, 6.45) is 12.8. The van der Waals surface area contributed by atoms with E-state index in [2.05, 4.69) is 88.0 Å². The molecule has 1 aliphatic carbocycles. The van der Waals surface area contributed by atoms with Gasteiger partial charge in [0.25, 0.3) is 0 Å². The number of aromatic nitrogens is 2. The molecule has 2 saturated heterocycles. The molecular formula is C42H53N7O2. The maximum absolute atomic E-state index is 11.9. The number of rotatable bonds is 12. The first kappa shape index (κ1) is 35.0. The minimum Gasteiger partial charge on any atom is -0.455 e. The van der Waals surface area contributed by atoms with E-state index in [-0.39, 0.29) is 0 Å². The van der Waals surface area contributed by atoms with Crippen LogP contribution in [-0.2, 0) is 0 Å². The molecule has 9 nitrogen and oxygen atoms in total. The van der Waals surface area contributed by atoms with Crippen LogP contribution in [0.15, 0.2) is 78.8 Å². The number of nitrogens with one attached hydrogen (secondary N) is 3. The topological polar surface area (TPSA) is 101 Å². The number of hydrogen-bond acceptors (Lipinski definition) is 8. The number of ether oxygens (including phenoxy) is 1. The summed E-state index contributed by atoms with van der Waals surface area (Å²) in [5.74, 6) is 1.65. The van der Waals surface area contributed by atoms with Gasteiger partial charge in [0.2, 0.25) is 0 Å². The van der Waals surface area contributed by atoms with Gasteiger partial charge >= 0.3 is 0 Å². The fraction of sp³-hybridized carbons (Fsp3) is 0.452. The van der Waals surface area contributed by atoms with E-state index in [1.54, 1.807) is 6.20 Å². The van der Waals surface area contributed by atoms with Crippen LogP contribution in [0.5, 0.6) is 11.5 Å². The van der Waals surface area contributed by atoms with Crippen molar-refractivity contribution in [3.63, 3.8) is 0 Å². The number of anilines is 1. The Morgan fingerprint density at radius 3 is 2.61 bits per heavy atom. The third-order valence-corrected chi connectivity index (χ3v) is 11.4. The van der Waals surface area contributed by atoms with E-state index >= 15 is 0 Å². The van der Waals surface area contributed by atoms with E-state index in [9.17, 15) is 4.79 Å². The van der Waals surface area contributed by atoms with Gasteiger partial charge in [0.1, 0.15) is 17.1 Å². The molecular weight excluding hydrogens is 635 g/mol. The third-order valence-electron chi connectivity index (χ3n) is 11.4. The summed E-state index contributed by atoms with van der Waals surface area (Å²) in [5.41, 5.74) is 6.77. The van der Waals surface area contributed by atoms with E-state index in [1.807, 2.05) is 36.7 Å². The number of aldehydes is 1. The zero-order chi connectivity index (χ0) is 35.5. The van der Waals surface area contributed by atoms with Gasteiger partial charge in [-0.3, -0.25) is 14.6 Å². The fourth-order valence-electron chi connectivity index (χ4n) is 8.55. The number of nitrogens with zero attached hydrogens (tertiary/aromatic N) is 4. The third kappa shape index (κ3) is 7.60. The van der Waals surface area contributed by atoms with Crippen LogP contribution in [0.25, 0.3) is 11.0 Å². The van der Waals surface area contributed by atoms with Crippen LogP contribution in [0.3, 0.4) is 0 Å². The van der Waals surface area contributed by atoms with Crippen molar-refractivity contribution >= 4 is 29.2 Å². The van der Waals surface area contributed by atoms with Crippen LogP contribution in [-0.4, -0.2) is 83.6 Å². The average molecular weight is 688 g/mol. The number of hydrogen-bond donors (Lipinski definition) is 3. The first-order chi connectivity index (χ1) is 24.7. The Bertz CT molecular complexity index is 1860. The molecule has 51 heavy (non-hydrogen) atoms. The summed E-state index contributed by atoms with van der Waals surface area (Å²) < 4.78 is 6.23. The zero-order valence-electron chi connectivity index (χ0n) is 30.6. The standard InChI is InChI=1S/C42H53N7O2/c1-29(2)37-7-5-6-8-38(37)39-27-47(26-31(23-43)24-45-30(3)4)17-18-49(39)35-21-42(22-35)12-15-48(16-13-42)34-10-9-33(28-50)40(20-34)51-36-19-32-11-14-44-41(32)46-25-36/h5-11,14,19-20,23-25,28-30,35,39,43,45H,12-13,15-18,21-22,26-27H2,1-4H3,(H,44,46)/b31-24+,43-23?. The molecule has 3 aliphatic rings. The molecule has 2 aromatic heterocycles. The van der Waals surface area contributed by atoms with Crippen molar-refractivity contribution in [2.24, 2.45) is 5.41 Å². The van der Waals surface area contributed by atoms with E-state index in [0.717, 1.165) is 67.8 Å². The largest absolute Gasteiger partial charge is 0.455 e. The van der Waals surface area contributed by atoms with Crippen molar-refractivity contribution in [1.29, 1.82) is 5.41 Å². The summed E-state index contributed by atoms with van der Waals surface area (Å²) in [6.45, 7) is 14.7. The second-order valence-electron chi connectivity index (χ2n) is 15.5. The smallest absolute Gasteiger partial charge is 0.153 e. The van der Waals surface area contributed by atoms with Crippen LogP contribution >= 0.6 is 0 Å². The molecule has 9 heteroatoms. The van der Waals surface area contributed by atoms with Crippen molar-refractivity contribution in [3.8, 4) is 11.5 Å². The Labute approximate surface area is 302 Å². The monoisotopic (exact) mass is 687 g/mol. The Balaban J connectivity index is 1.02. The number of fused-ring (bicyclic) bond motifs is 1. The molecule has 2 aliphatic heterocycles. The second-order valence-corrected chi connectivity index (χ2v) is 15.5. The van der Waals surface area contributed by atoms with Gasteiger partial charge < -0.3 is 25.3 Å². The molecule has 0 bridgehead atoms. The Hall–Kier alpha value is -4.47. The van der Waals surface area contributed by atoms with Crippen molar-refractivity contribution in [3.05, 3.63) is 95.5 Å². The van der Waals surface area contributed by atoms with Gasteiger partial charge in [-0.25, -0.2) is 4.98 Å². The average Bonchev–Trinajstić information content (AvgIpc) is 3.60. The van der Waals surface area contributed by atoms with Crippen molar-refractivity contribution in [2.75, 3.05) is 44.2 Å². The summed E-state index contributed by atoms with van der Waals surface area (Å²) in [5, 5.41) is 12.4. The van der Waals surface area contributed by atoms with Gasteiger partial charge in [-0.2, -0.15) is 0 Å². The number of H-pyrrole nitrogens is 1. The first-order valence-electron chi connectivity index (χ1n) is 18.7. The minimum atomic E-state index is 0.341. The normalized spacial score (nSPS) is 20.2. The van der Waals surface area contributed by atoms with Gasteiger partial charge in [-0.1, -0.05) is 38.1 Å². The van der Waals surface area contributed by atoms with Crippen LogP contribution in [0.4, 0.5) is 5.69 Å². The molecule has 3 N–H and O–H groups in total. The van der Waals surface area contributed by atoms with Crippen LogP contribution in [0, 0.1) is 10.8 Å². The van der Waals surface area contributed by atoms with Gasteiger partial charge in [-0.15, -0.1) is 0 Å². The predicted octanol–water partition coefficient (Wildman–Crippen LogP) is 7.93. The lowest BCUT2D eigenvalue weighted by atomic mass is 9.59. The first-order valence-corrected chi connectivity index (χ1v) is 18.7. The molecule has 0 amide bonds. The van der Waals surface area contributed by atoms with Crippen molar-refractivity contribution < 1.29 is 9.53 Å². The lowest BCUT2D eigenvalue weighted by Crippen LogP contribution is -2.60. The summed E-state index contributed by atoms with van der Waals surface area (Å²) in [6, 6.07) is 20.2. The Morgan fingerprint density at radius 2 is 1.86 bits per heavy atom. The minimum absolute atomic E-state index is 0.341. The lowest BCUT2D eigenvalue weighted by molar-refractivity contribution is -0.0603. The van der Waals surface area contributed by atoms with Gasteiger partial charge in [0.05, 0.1) is 11.8 Å². The lowest BCUT2D eigenvalue weighted by Gasteiger charge is -2.58. The molecule has 268 valence electrons. The molecule has 4 heterocycles. The molecule has 2 aromatic carbocycles. The van der Waals surface area contributed by atoms with E-state index in [0.29, 0.717) is 46.5 Å². The zero-order valence-corrected chi connectivity index (χ0v) is 30.6. The molecule has 1 atom stereocenters. The molecule has 1 spiro atoms. The van der Waals surface area contributed by atoms with Crippen molar-refractivity contribution in [2.45, 2.75) is 77.4 Å².